The van der Waals surface area contributed by atoms with Crippen LogP contribution >= 0.6 is 15.9 Å². The van der Waals surface area contributed by atoms with Crippen molar-refractivity contribution in [3.63, 3.8) is 0 Å². The number of aromatic nitrogens is 1. The van der Waals surface area contributed by atoms with Gasteiger partial charge in [0.15, 0.2) is 0 Å². The van der Waals surface area contributed by atoms with E-state index in [9.17, 15) is 0 Å². The lowest BCUT2D eigenvalue weighted by atomic mass is 10.0. The minimum absolute atomic E-state index is 0.686. The van der Waals surface area contributed by atoms with E-state index in [1.54, 1.807) is 0 Å². The van der Waals surface area contributed by atoms with Crippen molar-refractivity contribution in [2.75, 3.05) is 0 Å². The Labute approximate surface area is 155 Å². The number of nitriles is 1. The number of halogens is 1. The molecule has 0 aliphatic rings. The third-order valence-corrected chi connectivity index (χ3v) is 4.91. The van der Waals surface area contributed by atoms with Crippen LogP contribution in [0.2, 0.25) is 0 Å². The van der Waals surface area contributed by atoms with Gasteiger partial charge >= 0.3 is 0 Å². The molecule has 0 spiro atoms. The summed E-state index contributed by atoms with van der Waals surface area (Å²) in [5.74, 6) is 0. The van der Waals surface area contributed by atoms with Crippen LogP contribution in [0.15, 0.2) is 83.5 Å². The van der Waals surface area contributed by atoms with E-state index in [-0.39, 0.29) is 0 Å². The maximum absolute atomic E-state index is 8.92. The lowest BCUT2D eigenvalue weighted by molar-refractivity contribution is 0.837. The lowest BCUT2D eigenvalue weighted by Gasteiger charge is -2.07. The number of benzene rings is 3. The zero-order valence-electron chi connectivity index (χ0n) is 13.5. The van der Waals surface area contributed by atoms with E-state index in [1.165, 1.54) is 22.0 Å². The number of hydrogen-bond donors (Lipinski definition) is 0. The molecule has 0 N–H and O–H groups in total. The third-order valence-electron chi connectivity index (χ3n) is 4.38. The van der Waals surface area contributed by atoms with E-state index in [0.717, 1.165) is 16.6 Å². The van der Waals surface area contributed by atoms with Crippen LogP contribution < -0.4 is 0 Å². The molecule has 0 atom stereocenters. The largest absolute Gasteiger partial charge is 0.343 e. The van der Waals surface area contributed by atoms with E-state index < -0.39 is 0 Å². The average molecular weight is 387 g/mol. The summed E-state index contributed by atoms with van der Waals surface area (Å²) in [5, 5.41) is 10.1. The molecular weight excluding hydrogens is 372 g/mol. The summed E-state index contributed by atoms with van der Waals surface area (Å²) in [6, 6.07) is 27.0. The third kappa shape index (κ3) is 3.22. The molecule has 4 aromatic rings. The SMILES string of the molecule is N#Cc1ccc(-c2ccc3c(ccn3Cc3ccc(Br)cc3)c2)cc1. The lowest BCUT2D eigenvalue weighted by Crippen LogP contribution is -1.97. The van der Waals surface area contributed by atoms with E-state index in [2.05, 4.69) is 81.3 Å². The minimum Gasteiger partial charge on any atom is -0.343 e. The fourth-order valence-corrected chi connectivity index (χ4v) is 3.31. The van der Waals surface area contributed by atoms with Crippen molar-refractivity contribution in [1.82, 2.24) is 4.57 Å². The molecular formula is C22H15BrN2. The molecule has 0 fully saturated rings. The second-order valence-electron chi connectivity index (χ2n) is 6.03. The summed E-state index contributed by atoms with van der Waals surface area (Å²) in [4.78, 5) is 0. The van der Waals surface area contributed by atoms with Gasteiger partial charge in [-0.15, -0.1) is 0 Å². The van der Waals surface area contributed by atoms with Crippen LogP contribution in [0.5, 0.6) is 0 Å². The Bertz CT molecular complexity index is 1070. The highest BCUT2D eigenvalue weighted by molar-refractivity contribution is 9.10. The Balaban J connectivity index is 1.66. The van der Waals surface area contributed by atoms with Gasteiger partial charge < -0.3 is 4.57 Å². The predicted octanol–water partition coefficient (Wildman–Crippen LogP) is 5.99. The Morgan fingerprint density at radius 3 is 2.28 bits per heavy atom. The molecule has 120 valence electrons. The topological polar surface area (TPSA) is 28.7 Å². The summed E-state index contributed by atoms with van der Waals surface area (Å²) in [6.07, 6.45) is 2.13. The fourth-order valence-electron chi connectivity index (χ4n) is 3.04. The van der Waals surface area contributed by atoms with Crippen LogP contribution in [0.25, 0.3) is 22.0 Å². The molecule has 0 aliphatic carbocycles. The first-order valence-corrected chi connectivity index (χ1v) is 8.86. The molecule has 0 unspecified atom stereocenters. The Kier molecular flexibility index (Phi) is 4.13. The molecule has 1 heterocycles. The zero-order chi connectivity index (χ0) is 17.2. The molecule has 0 saturated heterocycles. The van der Waals surface area contributed by atoms with E-state index in [0.29, 0.717) is 5.56 Å². The van der Waals surface area contributed by atoms with Crippen molar-refractivity contribution in [1.29, 1.82) is 5.26 Å². The van der Waals surface area contributed by atoms with Crippen molar-refractivity contribution in [2.24, 2.45) is 0 Å². The van der Waals surface area contributed by atoms with Crippen molar-refractivity contribution in [3.05, 3.63) is 94.6 Å². The first kappa shape index (κ1) is 15.7. The van der Waals surface area contributed by atoms with Gasteiger partial charge in [0.25, 0.3) is 0 Å². The Morgan fingerprint density at radius 2 is 1.56 bits per heavy atom. The van der Waals surface area contributed by atoms with Crippen molar-refractivity contribution >= 4 is 26.8 Å². The first-order chi connectivity index (χ1) is 12.2. The van der Waals surface area contributed by atoms with Gasteiger partial charge in [-0.25, -0.2) is 0 Å². The average Bonchev–Trinajstić information content (AvgIpc) is 3.06. The standard InChI is InChI=1S/C22H15BrN2/c23-21-8-3-17(4-9-21)15-25-12-11-20-13-19(7-10-22(20)25)18-5-1-16(14-24)2-6-18/h1-13H,15H2. The highest BCUT2D eigenvalue weighted by Crippen LogP contribution is 2.26. The van der Waals surface area contributed by atoms with E-state index in [1.807, 2.05) is 24.3 Å². The van der Waals surface area contributed by atoms with E-state index >= 15 is 0 Å². The van der Waals surface area contributed by atoms with Crippen LogP contribution in [-0.4, -0.2) is 4.57 Å². The summed E-state index contributed by atoms with van der Waals surface area (Å²) >= 11 is 3.48. The first-order valence-electron chi connectivity index (χ1n) is 8.07. The monoisotopic (exact) mass is 386 g/mol. The smallest absolute Gasteiger partial charge is 0.0991 e. The van der Waals surface area contributed by atoms with Gasteiger partial charge in [-0.3, -0.25) is 0 Å². The van der Waals surface area contributed by atoms with Gasteiger partial charge in [0.2, 0.25) is 0 Å². The molecule has 2 nitrogen and oxygen atoms in total. The van der Waals surface area contributed by atoms with Crippen LogP contribution in [-0.2, 0) is 6.54 Å². The number of nitrogens with zero attached hydrogens (tertiary/aromatic N) is 2. The van der Waals surface area contributed by atoms with Gasteiger partial charge in [-0.05, 0) is 59.2 Å². The maximum Gasteiger partial charge on any atom is 0.0991 e. The fraction of sp³-hybridized carbons (Fsp3) is 0.0455. The number of fused-ring (bicyclic) bond motifs is 1. The number of rotatable bonds is 3. The van der Waals surface area contributed by atoms with Gasteiger partial charge in [-0.2, -0.15) is 5.26 Å². The number of hydrogen-bond acceptors (Lipinski definition) is 1. The molecule has 4 rings (SSSR count). The van der Waals surface area contributed by atoms with Crippen molar-refractivity contribution in [2.45, 2.75) is 6.54 Å². The van der Waals surface area contributed by atoms with Crippen molar-refractivity contribution in [3.8, 4) is 17.2 Å². The maximum atomic E-state index is 8.92. The quantitative estimate of drug-likeness (QED) is 0.424. The van der Waals surface area contributed by atoms with Crippen LogP contribution in [0.3, 0.4) is 0 Å². The van der Waals surface area contributed by atoms with Crippen LogP contribution in [0, 0.1) is 11.3 Å². The molecule has 0 aliphatic heterocycles. The Morgan fingerprint density at radius 1 is 0.840 bits per heavy atom. The summed E-state index contributed by atoms with van der Waals surface area (Å²) in [5.41, 5.74) is 5.47. The second kappa shape index (κ2) is 6.58. The minimum atomic E-state index is 0.686. The predicted molar refractivity (Wildman–Crippen MR) is 105 cm³/mol. The van der Waals surface area contributed by atoms with Gasteiger partial charge in [0.05, 0.1) is 11.6 Å². The molecule has 0 amide bonds. The summed E-state index contributed by atoms with van der Waals surface area (Å²) < 4.78 is 3.36. The zero-order valence-corrected chi connectivity index (χ0v) is 15.1. The second-order valence-corrected chi connectivity index (χ2v) is 6.95. The molecule has 3 heteroatoms. The highest BCUT2D eigenvalue weighted by Gasteiger charge is 2.05. The molecule has 3 aromatic carbocycles. The van der Waals surface area contributed by atoms with E-state index in [4.69, 9.17) is 5.26 Å². The molecule has 0 bridgehead atoms. The van der Waals surface area contributed by atoms with Crippen molar-refractivity contribution < 1.29 is 0 Å². The van der Waals surface area contributed by atoms with Gasteiger partial charge in [-0.1, -0.05) is 46.3 Å². The van der Waals surface area contributed by atoms with Crippen LogP contribution in [0.4, 0.5) is 0 Å². The Hall–Kier alpha value is -2.83. The normalized spacial score (nSPS) is 10.7. The summed E-state index contributed by atoms with van der Waals surface area (Å²) in [7, 11) is 0. The van der Waals surface area contributed by atoms with Gasteiger partial charge in [0, 0.05) is 28.1 Å². The van der Waals surface area contributed by atoms with Gasteiger partial charge in [0.1, 0.15) is 0 Å². The summed E-state index contributed by atoms with van der Waals surface area (Å²) in [6.45, 7) is 0.854. The highest BCUT2D eigenvalue weighted by atomic mass is 79.9. The molecule has 25 heavy (non-hydrogen) atoms. The molecule has 0 saturated carbocycles. The molecule has 0 radical (unpaired) electrons. The van der Waals surface area contributed by atoms with Crippen LogP contribution in [0.1, 0.15) is 11.1 Å². The molecule has 1 aromatic heterocycles.